The lowest BCUT2D eigenvalue weighted by Gasteiger charge is -2.50. The van der Waals surface area contributed by atoms with E-state index in [-0.39, 0.29) is 21.9 Å². The van der Waals surface area contributed by atoms with Gasteiger partial charge in [0.1, 0.15) is 0 Å². The van der Waals surface area contributed by atoms with E-state index < -0.39 is 5.41 Å². The molecule has 4 unspecified atom stereocenters. The van der Waals surface area contributed by atoms with Crippen molar-refractivity contribution in [3.05, 3.63) is 250 Å². The fourth-order valence-corrected chi connectivity index (χ4v) is 17.8. The van der Waals surface area contributed by atoms with Crippen molar-refractivity contribution in [2.75, 3.05) is 9.80 Å². The molecule has 79 heavy (non-hydrogen) atoms. The van der Waals surface area contributed by atoms with Crippen LogP contribution in [0.5, 0.6) is 0 Å². The molecule has 10 aromatic carbocycles. The van der Waals surface area contributed by atoms with Crippen LogP contribution in [0.4, 0.5) is 22.7 Å². The third-order valence-electron chi connectivity index (χ3n) is 21.8. The fraction of sp³-hybridized carbons (Fsp3) is 0.273. The molecule has 0 spiro atoms. The number of benzene rings is 10. The molecule has 390 valence electrons. The van der Waals surface area contributed by atoms with Crippen LogP contribution in [0.2, 0.25) is 0 Å². The van der Waals surface area contributed by atoms with Crippen molar-refractivity contribution in [3.8, 4) is 33.4 Å². The molecule has 2 heteroatoms. The van der Waals surface area contributed by atoms with Gasteiger partial charge in [-0.05, 0) is 226 Å². The van der Waals surface area contributed by atoms with E-state index in [1.54, 1.807) is 11.1 Å². The van der Waals surface area contributed by atoms with Gasteiger partial charge in [0.2, 0.25) is 0 Å². The first-order chi connectivity index (χ1) is 38.3. The number of anilines is 4. The minimum Gasteiger partial charge on any atom is -0.334 e. The van der Waals surface area contributed by atoms with Crippen LogP contribution in [-0.2, 0) is 16.2 Å². The van der Waals surface area contributed by atoms with E-state index in [0.717, 1.165) is 0 Å². The second-order valence-electron chi connectivity index (χ2n) is 25.4. The van der Waals surface area contributed by atoms with Gasteiger partial charge in [-0.25, -0.2) is 0 Å². The van der Waals surface area contributed by atoms with Gasteiger partial charge in [-0.1, -0.05) is 185 Å². The monoisotopic (exact) mass is 1020 g/mol. The lowest BCUT2D eigenvalue weighted by atomic mass is 9.60. The van der Waals surface area contributed by atoms with Crippen molar-refractivity contribution >= 4 is 44.3 Å². The normalized spacial score (nSPS) is 23.3. The van der Waals surface area contributed by atoms with E-state index in [1.807, 2.05) is 0 Å². The fourth-order valence-electron chi connectivity index (χ4n) is 17.8. The number of aryl methyl sites for hydroxylation is 2. The Balaban J connectivity index is 0.976. The zero-order valence-corrected chi connectivity index (χ0v) is 47.5. The minimum absolute atomic E-state index is 0.00325. The van der Waals surface area contributed by atoms with E-state index in [0.29, 0.717) is 0 Å². The molecule has 2 saturated carbocycles. The highest BCUT2D eigenvalue weighted by Gasteiger charge is 2.60. The van der Waals surface area contributed by atoms with Gasteiger partial charge >= 0.3 is 0 Å². The summed E-state index contributed by atoms with van der Waals surface area (Å²) in [6, 6.07) is 75.0. The third-order valence-corrected chi connectivity index (χ3v) is 21.8. The number of fused-ring (bicyclic) bond motifs is 14. The molecule has 0 amide bonds. The summed E-state index contributed by atoms with van der Waals surface area (Å²) < 4.78 is 0. The molecule has 0 bridgehead atoms. The number of hydrogen-bond donors (Lipinski definition) is 0. The molecule has 0 aromatic heterocycles. The maximum absolute atomic E-state index is 2.75. The summed E-state index contributed by atoms with van der Waals surface area (Å²) in [5, 5.41) is 5.24. The Morgan fingerprint density at radius 2 is 0.785 bits per heavy atom. The summed E-state index contributed by atoms with van der Waals surface area (Å²) in [6.07, 6.45) is 9.77. The van der Waals surface area contributed by atoms with Crippen LogP contribution in [0.25, 0.3) is 54.9 Å². The maximum atomic E-state index is 2.75. The Kier molecular flexibility index (Phi) is 10.5. The van der Waals surface area contributed by atoms with Crippen LogP contribution in [0.15, 0.2) is 194 Å². The van der Waals surface area contributed by atoms with Crippen LogP contribution >= 0.6 is 0 Å². The molecule has 0 N–H and O–H groups in total. The van der Waals surface area contributed by atoms with Crippen molar-refractivity contribution in [2.24, 2.45) is 0 Å². The lowest BCUT2D eigenvalue weighted by Crippen LogP contribution is -2.54. The van der Waals surface area contributed by atoms with Crippen molar-refractivity contribution in [1.29, 1.82) is 0 Å². The van der Waals surface area contributed by atoms with Crippen molar-refractivity contribution in [1.82, 2.24) is 0 Å². The highest BCUT2D eigenvalue weighted by Crippen LogP contribution is 2.66. The first-order valence-electron chi connectivity index (χ1n) is 29.6. The van der Waals surface area contributed by atoms with Gasteiger partial charge in [0.25, 0.3) is 0 Å². The minimum atomic E-state index is -0.619. The average Bonchev–Trinajstić information content (AvgIpc) is 4.23. The first-order valence-corrected chi connectivity index (χ1v) is 29.6. The molecule has 5 aliphatic rings. The van der Waals surface area contributed by atoms with Crippen molar-refractivity contribution < 1.29 is 0 Å². The number of hydrogen-bond acceptors (Lipinski definition) is 2. The highest BCUT2D eigenvalue weighted by molar-refractivity contribution is 6.20. The quantitative estimate of drug-likeness (QED) is 0.153. The van der Waals surface area contributed by atoms with Crippen LogP contribution < -0.4 is 9.80 Å². The van der Waals surface area contributed by atoms with Crippen LogP contribution in [0, 0.1) is 27.7 Å². The SMILES string of the molecule is Cc1cc(-c2ccc3c(c2)C(c2ccccc2)(c2ccccc2)c2c-3c3ccccc3c3cc(-c4cc(C)c5c(c4C)C4(C)CCCCC4(C)N5c4ccccc4)ccc23)c(C)c2c1N(c1ccccc1)C1(C)CCCCC21C. The Morgan fingerprint density at radius 3 is 1.29 bits per heavy atom. The van der Waals surface area contributed by atoms with Crippen LogP contribution in [0.1, 0.15) is 135 Å². The Bertz CT molecular complexity index is 4100. The molecule has 2 fully saturated rings. The molecule has 0 saturated heterocycles. The largest absolute Gasteiger partial charge is 0.334 e. The predicted octanol–water partition coefficient (Wildman–Crippen LogP) is 20.4. The van der Waals surface area contributed by atoms with E-state index in [4.69, 9.17) is 0 Å². The van der Waals surface area contributed by atoms with E-state index in [9.17, 15) is 0 Å². The summed E-state index contributed by atoms with van der Waals surface area (Å²) in [6.45, 7) is 20.0. The lowest BCUT2D eigenvalue weighted by molar-refractivity contribution is 0.194. The molecule has 2 nitrogen and oxygen atoms in total. The summed E-state index contributed by atoms with van der Waals surface area (Å²) in [5.74, 6) is 0. The van der Waals surface area contributed by atoms with Gasteiger partial charge in [-0.3, -0.25) is 0 Å². The molecule has 0 radical (unpaired) electrons. The highest BCUT2D eigenvalue weighted by atomic mass is 15.3. The van der Waals surface area contributed by atoms with Gasteiger partial charge in [-0.2, -0.15) is 0 Å². The Morgan fingerprint density at radius 1 is 0.354 bits per heavy atom. The summed E-state index contributed by atoms with van der Waals surface area (Å²) in [7, 11) is 0. The smallest absolute Gasteiger partial charge is 0.0720 e. The maximum Gasteiger partial charge on any atom is 0.0720 e. The number of rotatable bonds is 6. The molecular formula is C77H72N2. The average molecular weight is 1030 g/mol. The van der Waals surface area contributed by atoms with E-state index >= 15 is 0 Å². The molecule has 15 rings (SSSR count). The Labute approximate surface area is 468 Å². The van der Waals surface area contributed by atoms with Crippen molar-refractivity contribution in [3.63, 3.8) is 0 Å². The molecule has 2 aliphatic heterocycles. The predicted molar refractivity (Wildman–Crippen MR) is 334 cm³/mol. The van der Waals surface area contributed by atoms with Gasteiger partial charge in [0.05, 0.1) is 16.5 Å². The number of nitrogens with zero attached hydrogens (tertiary/aromatic N) is 2. The molecule has 10 aromatic rings. The Hall–Kier alpha value is -7.68. The first kappa shape index (κ1) is 48.4. The molecule has 2 heterocycles. The van der Waals surface area contributed by atoms with Crippen LogP contribution in [-0.4, -0.2) is 11.1 Å². The zero-order chi connectivity index (χ0) is 53.8. The standard InChI is InChI=1S/C77H72N2/c1-49-45-63(51(3)68-71(49)78(57-31-17-11-18-32-57)75(7)43-25-23-41-73(68,75)5)53-37-39-61-65(47-53)59-35-21-22-36-60(59)67-62-40-38-54(48-66(62)77(70(61)67,55-27-13-9-14-28-55)56-29-15-10-16-30-56)64-46-50(2)72-69(52(64)4)74(6)42-24-26-44-76(74,8)79(72)58-33-19-12-20-34-58/h9-22,27-40,45-48H,23-26,41-44H2,1-8H3. The molecule has 3 aliphatic carbocycles. The summed E-state index contributed by atoms with van der Waals surface area (Å²) in [5.41, 5.74) is 26.7. The van der Waals surface area contributed by atoms with E-state index in [2.05, 4.69) is 259 Å². The topological polar surface area (TPSA) is 6.48 Å². The summed E-state index contributed by atoms with van der Waals surface area (Å²) >= 11 is 0. The van der Waals surface area contributed by atoms with Gasteiger partial charge in [-0.15, -0.1) is 0 Å². The molecular weight excluding hydrogens is 953 g/mol. The second-order valence-corrected chi connectivity index (χ2v) is 25.4. The number of para-hydroxylation sites is 2. The van der Waals surface area contributed by atoms with Crippen LogP contribution in [0.3, 0.4) is 0 Å². The zero-order valence-electron chi connectivity index (χ0n) is 47.5. The second kappa shape index (κ2) is 17.2. The third kappa shape index (κ3) is 6.24. The van der Waals surface area contributed by atoms with Gasteiger partial charge in [0, 0.05) is 33.6 Å². The van der Waals surface area contributed by atoms with Gasteiger partial charge < -0.3 is 9.80 Å². The molecule has 4 atom stereocenters. The van der Waals surface area contributed by atoms with E-state index in [1.165, 1.54) is 174 Å². The summed E-state index contributed by atoms with van der Waals surface area (Å²) in [4.78, 5) is 5.50. The van der Waals surface area contributed by atoms with Gasteiger partial charge in [0.15, 0.2) is 0 Å². The van der Waals surface area contributed by atoms with Crippen molar-refractivity contribution in [2.45, 2.75) is 134 Å².